The first-order valence-corrected chi connectivity index (χ1v) is 5.59. The van der Waals surface area contributed by atoms with Gasteiger partial charge in [0.05, 0.1) is 12.5 Å². The third-order valence-electron chi connectivity index (χ3n) is 2.56. The minimum atomic E-state index is -4.91. The molecule has 0 saturated carbocycles. The maximum Gasteiger partial charge on any atom is 0.471 e. The molecule has 0 spiro atoms. The number of hydrogen-bond acceptors (Lipinski definition) is 4. The highest BCUT2D eigenvalue weighted by molar-refractivity contribution is 5.82. The summed E-state index contributed by atoms with van der Waals surface area (Å²) in [6.07, 6.45) is -4.76. The third-order valence-corrected chi connectivity index (χ3v) is 2.56. The van der Waals surface area contributed by atoms with Crippen LogP contribution >= 0.6 is 0 Å². The normalized spacial score (nSPS) is 24.4. The second-order valence-corrected chi connectivity index (χ2v) is 4.01. The lowest BCUT2D eigenvalue weighted by Gasteiger charge is -2.29. The van der Waals surface area contributed by atoms with Gasteiger partial charge in [-0.25, -0.2) is 0 Å². The molecule has 104 valence electrons. The highest BCUT2D eigenvalue weighted by atomic mass is 19.4. The summed E-state index contributed by atoms with van der Waals surface area (Å²) >= 11 is 0. The summed E-state index contributed by atoms with van der Waals surface area (Å²) in [6.45, 7) is 2.42. The van der Waals surface area contributed by atoms with Crippen molar-refractivity contribution in [2.24, 2.45) is 5.92 Å². The summed E-state index contributed by atoms with van der Waals surface area (Å²) in [5.41, 5.74) is 0. The van der Waals surface area contributed by atoms with Crippen LogP contribution in [0.3, 0.4) is 0 Å². The first-order valence-electron chi connectivity index (χ1n) is 5.59. The van der Waals surface area contributed by atoms with Gasteiger partial charge < -0.3 is 15.4 Å². The largest absolute Gasteiger partial charge is 0.471 e. The van der Waals surface area contributed by atoms with Gasteiger partial charge in [-0.2, -0.15) is 13.2 Å². The zero-order valence-corrected chi connectivity index (χ0v) is 9.84. The SMILES string of the molecule is CCOC(=O)C1CNCC(NC(=O)C(F)(F)F)C1. The van der Waals surface area contributed by atoms with E-state index in [4.69, 9.17) is 4.74 Å². The lowest BCUT2D eigenvalue weighted by molar-refractivity contribution is -0.174. The second-order valence-electron chi connectivity index (χ2n) is 4.01. The molecule has 8 heteroatoms. The predicted molar refractivity (Wildman–Crippen MR) is 55.6 cm³/mol. The Hall–Kier alpha value is -1.31. The average Bonchev–Trinajstić information content (AvgIpc) is 2.28. The molecule has 1 saturated heterocycles. The quantitative estimate of drug-likeness (QED) is 0.718. The van der Waals surface area contributed by atoms with Gasteiger partial charge in [0.2, 0.25) is 0 Å². The first kappa shape index (κ1) is 14.7. The number of alkyl halides is 3. The van der Waals surface area contributed by atoms with E-state index in [0.717, 1.165) is 0 Å². The van der Waals surface area contributed by atoms with Crippen molar-refractivity contribution in [2.75, 3.05) is 19.7 Å². The lowest BCUT2D eigenvalue weighted by Crippen LogP contribution is -2.53. The number of piperidine rings is 1. The summed E-state index contributed by atoms with van der Waals surface area (Å²) in [7, 11) is 0. The molecule has 0 aromatic carbocycles. The standard InChI is InChI=1S/C10H15F3N2O3/c1-2-18-8(16)6-3-7(5-14-4-6)15-9(17)10(11,12)13/h6-7,14H,2-5H2,1H3,(H,15,17). The van der Waals surface area contributed by atoms with Gasteiger partial charge in [-0.1, -0.05) is 0 Å². The predicted octanol–water partition coefficient (Wildman–Crippen LogP) is 0.206. The van der Waals surface area contributed by atoms with Crippen LogP contribution < -0.4 is 10.6 Å². The van der Waals surface area contributed by atoms with Crippen LogP contribution in [0.1, 0.15) is 13.3 Å². The number of esters is 1. The van der Waals surface area contributed by atoms with Gasteiger partial charge in [0.25, 0.3) is 0 Å². The number of rotatable bonds is 3. The molecule has 1 heterocycles. The van der Waals surface area contributed by atoms with Gasteiger partial charge in [0.15, 0.2) is 0 Å². The Bertz CT molecular complexity index is 320. The molecular weight excluding hydrogens is 253 g/mol. The monoisotopic (exact) mass is 268 g/mol. The molecule has 0 radical (unpaired) electrons. The molecule has 2 atom stereocenters. The van der Waals surface area contributed by atoms with Crippen LogP contribution in [-0.2, 0) is 14.3 Å². The Morgan fingerprint density at radius 1 is 1.39 bits per heavy atom. The second kappa shape index (κ2) is 6.03. The van der Waals surface area contributed by atoms with E-state index in [-0.39, 0.29) is 19.6 Å². The van der Waals surface area contributed by atoms with Gasteiger partial charge in [-0.05, 0) is 13.3 Å². The van der Waals surface area contributed by atoms with E-state index in [9.17, 15) is 22.8 Å². The Kier molecular flexibility index (Phi) is 4.94. The summed E-state index contributed by atoms with van der Waals surface area (Å²) < 4.78 is 41.0. The maximum absolute atomic E-state index is 12.1. The number of hydrogen-bond donors (Lipinski definition) is 2. The molecule has 18 heavy (non-hydrogen) atoms. The highest BCUT2D eigenvalue weighted by Gasteiger charge is 2.40. The summed E-state index contributed by atoms with van der Waals surface area (Å²) in [4.78, 5) is 22.2. The minimum Gasteiger partial charge on any atom is -0.466 e. The number of ether oxygens (including phenoxy) is 1. The van der Waals surface area contributed by atoms with Crippen LogP contribution in [0.5, 0.6) is 0 Å². The smallest absolute Gasteiger partial charge is 0.466 e. The van der Waals surface area contributed by atoms with Crippen molar-refractivity contribution in [2.45, 2.75) is 25.6 Å². The number of amides is 1. The van der Waals surface area contributed by atoms with E-state index in [1.165, 1.54) is 0 Å². The maximum atomic E-state index is 12.1. The molecule has 1 rings (SSSR count). The van der Waals surface area contributed by atoms with Crippen LogP contribution in [0.15, 0.2) is 0 Å². The van der Waals surface area contributed by atoms with Crippen LogP contribution in [-0.4, -0.2) is 43.8 Å². The molecule has 1 aliphatic heterocycles. The van der Waals surface area contributed by atoms with Gasteiger partial charge in [0, 0.05) is 19.1 Å². The van der Waals surface area contributed by atoms with Crippen LogP contribution in [0.4, 0.5) is 13.2 Å². The molecule has 1 amide bonds. The van der Waals surface area contributed by atoms with Crippen LogP contribution in [0, 0.1) is 5.92 Å². The number of nitrogens with one attached hydrogen (secondary N) is 2. The fourth-order valence-electron chi connectivity index (χ4n) is 1.76. The van der Waals surface area contributed by atoms with Crippen molar-refractivity contribution < 1.29 is 27.5 Å². The summed E-state index contributed by atoms with van der Waals surface area (Å²) in [5, 5.41) is 4.65. The molecule has 0 aliphatic carbocycles. The molecule has 1 aliphatic rings. The topological polar surface area (TPSA) is 67.4 Å². The van der Waals surface area contributed by atoms with Crippen molar-refractivity contribution in [3.05, 3.63) is 0 Å². The van der Waals surface area contributed by atoms with E-state index < -0.39 is 30.0 Å². The fourth-order valence-corrected chi connectivity index (χ4v) is 1.76. The zero-order chi connectivity index (χ0) is 13.8. The average molecular weight is 268 g/mol. The summed E-state index contributed by atoms with van der Waals surface area (Å²) in [6, 6.07) is -0.720. The molecule has 0 bridgehead atoms. The van der Waals surface area contributed by atoms with Crippen molar-refractivity contribution in [3.63, 3.8) is 0 Å². The van der Waals surface area contributed by atoms with Gasteiger partial charge >= 0.3 is 18.1 Å². The molecule has 5 nitrogen and oxygen atoms in total. The molecule has 2 unspecified atom stereocenters. The Labute approximate surface area is 102 Å². The minimum absolute atomic E-state index is 0.146. The highest BCUT2D eigenvalue weighted by Crippen LogP contribution is 2.17. The zero-order valence-electron chi connectivity index (χ0n) is 9.84. The first-order chi connectivity index (χ1) is 8.34. The van der Waals surface area contributed by atoms with E-state index in [0.29, 0.717) is 6.54 Å². The van der Waals surface area contributed by atoms with Crippen LogP contribution in [0.2, 0.25) is 0 Å². The van der Waals surface area contributed by atoms with Crippen molar-refractivity contribution in [3.8, 4) is 0 Å². The fraction of sp³-hybridized carbons (Fsp3) is 0.800. The van der Waals surface area contributed by atoms with Crippen molar-refractivity contribution in [1.29, 1.82) is 0 Å². The van der Waals surface area contributed by atoms with E-state index >= 15 is 0 Å². The summed E-state index contributed by atoms with van der Waals surface area (Å²) in [5.74, 6) is -2.98. The molecule has 2 N–H and O–H groups in total. The van der Waals surface area contributed by atoms with Gasteiger partial charge in [0.1, 0.15) is 0 Å². The van der Waals surface area contributed by atoms with E-state index in [2.05, 4.69) is 5.32 Å². The molecular formula is C10H15F3N2O3. The Morgan fingerprint density at radius 3 is 2.61 bits per heavy atom. The Balaban J connectivity index is 2.49. The van der Waals surface area contributed by atoms with E-state index in [1.807, 2.05) is 5.32 Å². The molecule has 0 aromatic heterocycles. The van der Waals surface area contributed by atoms with Crippen molar-refractivity contribution in [1.82, 2.24) is 10.6 Å². The third kappa shape index (κ3) is 4.17. The van der Waals surface area contributed by atoms with E-state index in [1.54, 1.807) is 6.92 Å². The van der Waals surface area contributed by atoms with Gasteiger partial charge in [-0.3, -0.25) is 9.59 Å². The molecule has 1 fully saturated rings. The number of carbonyl (C=O) groups excluding carboxylic acids is 2. The van der Waals surface area contributed by atoms with Gasteiger partial charge in [-0.15, -0.1) is 0 Å². The number of halogens is 3. The molecule has 0 aromatic rings. The van der Waals surface area contributed by atoms with Crippen LogP contribution in [0.25, 0.3) is 0 Å². The number of carbonyl (C=O) groups is 2. The lowest BCUT2D eigenvalue weighted by atomic mass is 9.96. The van der Waals surface area contributed by atoms with Crippen molar-refractivity contribution >= 4 is 11.9 Å². The Morgan fingerprint density at radius 2 is 2.06 bits per heavy atom.